The summed E-state index contributed by atoms with van der Waals surface area (Å²) in [6, 6.07) is 17.4. The van der Waals surface area contributed by atoms with Crippen molar-refractivity contribution in [3.63, 3.8) is 0 Å². The summed E-state index contributed by atoms with van der Waals surface area (Å²) >= 11 is 0. The first-order valence-electron chi connectivity index (χ1n) is 8.52. The molecule has 134 valence electrons. The predicted octanol–water partition coefficient (Wildman–Crippen LogP) is 3.01. The number of carbonyl (C=O) groups is 1. The van der Waals surface area contributed by atoms with Crippen LogP contribution < -0.4 is 10.2 Å². The molecule has 3 heterocycles. The number of amides is 1. The summed E-state index contributed by atoms with van der Waals surface area (Å²) in [6.07, 6.45) is 4.84. The molecular formula is C20H18N6O. The Morgan fingerprint density at radius 2 is 1.96 bits per heavy atom. The van der Waals surface area contributed by atoms with E-state index in [9.17, 15) is 4.79 Å². The largest absolute Gasteiger partial charge is 0.354 e. The zero-order valence-corrected chi connectivity index (χ0v) is 14.8. The number of pyridine rings is 1. The molecule has 7 heteroatoms. The molecule has 0 saturated carbocycles. The maximum absolute atomic E-state index is 12.2. The van der Waals surface area contributed by atoms with Gasteiger partial charge in [-0.2, -0.15) is 0 Å². The molecule has 4 rings (SSSR count). The van der Waals surface area contributed by atoms with Crippen molar-refractivity contribution < 1.29 is 4.79 Å². The highest BCUT2D eigenvalue weighted by molar-refractivity contribution is 6.03. The highest BCUT2D eigenvalue weighted by atomic mass is 16.1. The Bertz CT molecular complexity index is 1060. The third-order valence-corrected chi connectivity index (χ3v) is 4.12. The number of imidazole rings is 1. The summed E-state index contributed by atoms with van der Waals surface area (Å²) in [7, 11) is 1.99. The summed E-state index contributed by atoms with van der Waals surface area (Å²) in [5.74, 6) is 1.00. The van der Waals surface area contributed by atoms with Crippen LogP contribution in [0.3, 0.4) is 0 Å². The van der Waals surface area contributed by atoms with Gasteiger partial charge in [0.1, 0.15) is 5.82 Å². The van der Waals surface area contributed by atoms with E-state index in [0.29, 0.717) is 17.0 Å². The molecule has 1 N–H and O–H groups in total. The Balaban J connectivity index is 1.52. The van der Waals surface area contributed by atoms with Crippen LogP contribution in [0, 0.1) is 0 Å². The average molecular weight is 358 g/mol. The quantitative estimate of drug-likeness (QED) is 0.593. The standard InChI is InChI=1S/C20H18N6O/c1-25(13-15-6-3-2-4-7-15)19-10-9-18-22-17(14-26(18)24-19)23-20(27)16-8-5-11-21-12-16/h2-12,14H,13H2,1H3,(H,23,27). The number of carbonyl (C=O) groups excluding carboxylic acids is 1. The van der Waals surface area contributed by atoms with Gasteiger partial charge < -0.3 is 10.2 Å². The lowest BCUT2D eigenvalue weighted by Crippen LogP contribution is -2.18. The third-order valence-electron chi connectivity index (χ3n) is 4.12. The lowest BCUT2D eigenvalue weighted by Gasteiger charge is -2.17. The molecular weight excluding hydrogens is 340 g/mol. The molecule has 0 saturated heterocycles. The molecule has 0 aliphatic carbocycles. The van der Waals surface area contributed by atoms with E-state index >= 15 is 0 Å². The summed E-state index contributed by atoms with van der Waals surface area (Å²) in [6.45, 7) is 0.749. The van der Waals surface area contributed by atoms with E-state index in [0.717, 1.165) is 12.4 Å². The number of anilines is 2. The average Bonchev–Trinajstić information content (AvgIpc) is 3.10. The fourth-order valence-electron chi connectivity index (χ4n) is 2.76. The molecule has 0 atom stereocenters. The minimum absolute atomic E-state index is 0.257. The van der Waals surface area contributed by atoms with Crippen molar-refractivity contribution in [2.45, 2.75) is 6.54 Å². The van der Waals surface area contributed by atoms with Crippen LogP contribution in [0.15, 0.2) is 73.2 Å². The molecule has 1 aromatic carbocycles. The van der Waals surface area contributed by atoms with Gasteiger partial charge in [0.2, 0.25) is 0 Å². The van der Waals surface area contributed by atoms with Gasteiger partial charge in [-0.25, -0.2) is 9.50 Å². The van der Waals surface area contributed by atoms with Gasteiger partial charge in [-0.15, -0.1) is 5.10 Å². The molecule has 1 amide bonds. The van der Waals surface area contributed by atoms with E-state index in [1.807, 2.05) is 37.4 Å². The van der Waals surface area contributed by atoms with Crippen molar-refractivity contribution in [1.29, 1.82) is 0 Å². The Labute approximate surface area is 156 Å². The smallest absolute Gasteiger partial charge is 0.258 e. The van der Waals surface area contributed by atoms with Gasteiger partial charge in [-0.05, 0) is 29.8 Å². The van der Waals surface area contributed by atoms with Gasteiger partial charge in [0.05, 0.1) is 11.8 Å². The SMILES string of the molecule is CN(Cc1ccccc1)c1ccc2nc(NC(=O)c3cccnc3)cn2n1. The number of hydrogen-bond donors (Lipinski definition) is 1. The monoisotopic (exact) mass is 358 g/mol. The minimum Gasteiger partial charge on any atom is -0.354 e. The normalized spacial score (nSPS) is 10.7. The van der Waals surface area contributed by atoms with E-state index in [2.05, 4.69) is 37.4 Å². The molecule has 0 fully saturated rings. The first-order valence-corrected chi connectivity index (χ1v) is 8.52. The molecule has 0 aliphatic rings. The molecule has 7 nitrogen and oxygen atoms in total. The van der Waals surface area contributed by atoms with Crippen LogP contribution >= 0.6 is 0 Å². The first-order chi connectivity index (χ1) is 13.2. The van der Waals surface area contributed by atoms with Crippen LogP contribution in [0.4, 0.5) is 11.6 Å². The van der Waals surface area contributed by atoms with E-state index < -0.39 is 0 Å². The van der Waals surface area contributed by atoms with E-state index in [4.69, 9.17) is 0 Å². The third kappa shape index (κ3) is 3.77. The maximum Gasteiger partial charge on any atom is 0.258 e. The molecule has 0 bridgehead atoms. The summed E-state index contributed by atoms with van der Waals surface area (Å²) in [5, 5.41) is 7.36. The Kier molecular flexibility index (Phi) is 4.49. The van der Waals surface area contributed by atoms with Crippen LogP contribution in [0.5, 0.6) is 0 Å². The number of nitrogens with zero attached hydrogens (tertiary/aromatic N) is 5. The second kappa shape index (κ2) is 7.25. The van der Waals surface area contributed by atoms with Gasteiger partial charge in [0.15, 0.2) is 11.5 Å². The Morgan fingerprint density at radius 3 is 2.74 bits per heavy atom. The number of benzene rings is 1. The molecule has 0 radical (unpaired) electrons. The molecule has 27 heavy (non-hydrogen) atoms. The molecule has 0 spiro atoms. The fraction of sp³-hybridized carbons (Fsp3) is 0.100. The van der Waals surface area contributed by atoms with Gasteiger partial charge in [-0.1, -0.05) is 30.3 Å². The van der Waals surface area contributed by atoms with E-state index in [1.165, 1.54) is 11.8 Å². The van der Waals surface area contributed by atoms with Crippen LogP contribution in [-0.4, -0.2) is 32.5 Å². The van der Waals surface area contributed by atoms with Crippen molar-refractivity contribution in [3.05, 3.63) is 84.3 Å². The zero-order chi connectivity index (χ0) is 18.6. The maximum atomic E-state index is 12.2. The Hall–Kier alpha value is -3.74. The second-order valence-electron chi connectivity index (χ2n) is 6.16. The van der Waals surface area contributed by atoms with Crippen LogP contribution in [0.1, 0.15) is 15.9 Å². The van der Waals surface area contributed by atoms with Gasteiger partial charge in [0, 0.05) is 26.0 Å². The van der Waals surface area contributed by atoms with Crippen LogP contribution in [-0.2, 0) is 6.54 Å². The van der Waals surface area contributed by atoms with Gasteiger partial charge >= 0.3 is 0 Å². The number of fused-ring (bicyclic) bond motifs is 1. The van der Waals surface area contributed by atoms with Crippen molar-refractivity contribution >= 4 is 23.2 Å². The summed E-state index contributed by atoms with van der Waals surface area (Å²) < 4.78 is 1.66. The molecule has 0 unspecified atom stereocenters. The second-order valence-corrected chi connectivity index (χ2v) is 6.16. The highest BCUT2D eigenvalue weighted by Crippen LogP contribution is 2.16. The van der Waals surface area contributed by atoms with Crippen molar-refractivity contribution in [1.82, 2.24) is 19.6 Å². The van der Waals surface area contributed by atoms with Crippen LogP contribution in [0.2, 0.25) is 0 Å². The fourth-order valence-corrected chi connectivity index (χ4v) is 2.76. The topological polar surface area (TPSA) is 75.4 Å². The van der Waals surface area contributed by atoms with Crippen molar-refractivity contribution in [3.8, 4) is 0 Å². The predicted molar refractivity (Wildman–Crippen MR) is 104 cm³/mol. The molecule has 4 aromatic rings. The number of nitrogens with one attached hydrogen (secondary N) is 1. The first kappa shape index (κ1) is 16.7. The lowest BCUT2D eigenvalue weighted by atomic mass is 10.2. The van der Waals surface area contributed by atoms with E-state index in [1.54, 1.807) is 29.0 Å². The van der Waals surface area contributed by atoms with Gasteiger partial charge in [0.25, 0.3) is 5.91 Å². The number of aromatic nitrogens is 4. The minimum atomic E-state index is -0.257. The van der Waals surface area contributed by atoms with Crippen molar-refractivity contribution in [2.24, 2.45) is 0 Å². The molecule has 0 aliphatic heterocycles. The lowest BCUT2D eigenvalue weighted by molar-refractivity contribution is 0.102. The number of hydrogen-bond acceptors (Lipinski definition) is 5. The van der Waals surface area contributed by atoms with Gasteiger partial charge in [-0.3, -0.25) is 9.78 Å². The van der Waals surface area contributed by atoms with E-state index in [-0.39, 0.29) is 5.91 Å². The highest BCUT2D eigenvalue weighted by Gasteiger charge is 2.11. The zero-order valence-electron chi connectivity index (χ0n) is 14.8. The number of rotatable bonds is 5. The summed E-state index contributed by atoms with van der Waals surface area (Å²) in [4.78, 5) is 22.6. The van der Waals surface area contributed by atoms with Crippen LogP contribution in [0.25, 0.3) is 5.65 Å². The summed E-state index contributed by atoms with van der Waals surface area (Å²) in [5.41, 5.74) is 2.34. The molecule has 3 aromatic heterocycles. The van der Waals surface area contributed by atoms with Crippen molar-refractivity contribution in [2.75, 3.05) is 17.3 Å². The Morgan fingerprint density at radius 1 is 1.11 bits per heavy atom.